The van der Waals surface area contributed by atoms with Crippen molar-refractivity contribution in [2.45, 2.75) is 13.9 Å². The van der Waals surface area contributed by atoms with E-state index in [4.69, 9.17) is 5.11 Å². The normalized spacial score (nSPS) is 7.00. The summed E-state index contributed by atoms with van der Waals surface area (Å²) >= 11 is 1.11. The van der Waals surface area contributed by atoms with Crippen molar-refractivity contribution >= 4 is 54.9 Å². The van der Waals surface area contributed by atoms with E-state index in [0.29, 0.717) is 0 Å². The summed E-state index contributed by atoms with van der Waals surface area (Å²) in [5.41, 5.74) is 0. The molecule has 0 aromatic rings. The second kappa shape index (κ2) is 11.6. The van der Waals surface area contributed by atoms with E-state index in [1.54, 1.807) is 0 Å². The minimum absolute atomic E-state index is 0.833. The van der Waals surface area contributed by atoms with Crippen LogP contribution in [0.3, 0.4) is 0 Å². The van der Waals surface area contributed by atoms with E-state index in [1.165, 1.54) is 6.94 Å². The standard InChI is InChI=1S/C3H4O2.C3H7.K/c1-2-3(4)5;1-3-2;/h2H,1H2,(H,4,5);1,3H2,2H3;. The molecule has 0 radical (unpaired) electrons. The SMILES string of the molecule is C=CC(=O)O.CC[CH2][K]. The fourth-order valence-electron chi connectivity index (χ4n) is 0. The van der Waals surface area contributed by atoms with Crippen molar-refractivity contribution in [1.82, 2.24) is 0 Å². The molecule has 0 aliphatic carbocycles. The van der Waals surface area contributed by atoms with Gasteiger partial charge in [0.1, 0.15) is 0 Å². The topological polar surface area (TPSA) is 37.3 Å². The van der Waals surface area contributed by atoms with E-state index < -0.39 is 5.97 Å². The molecule has 1 N–H and O–H groups in total. The summed E-state index contributed by atoms with van der Waals surface area (Å²) < 4.78 is 1.51. The summed E-state index contributed by atoms with van der Waals surface area (Å²) in [6.45, 7) is 5.19. The average Bonchev–Trinajstić information content (AvgIpc) is 1.89. The van der Waals surface area contributed by atoms with Gasteiger partial charge in [0, 0.05) is 6.08 Å². The third kappa shape index (κ3) is 28.0. The zero-order valence-electron chi connectivity index (χ0n) is 6.05. The Balaban J connectivity index is 0. The predicted octanol–water partition coefficient (Wildman–Crippen LogP) is 1.24. The Labute approximate surface area is 89.9 Å². The average molecular weight is 154 g/mol. The van der Waals surface area contributed by atoms with Gasteiger partial charge in [-0.3, -0.25) is 0 Å². The predicted molar refractivity (Wildman–Crippen MR) is 38.7 cm³/mol. The van der Waals surface area contributed by atoms with Crippen molar-refractivity contribution in [2.24, 2.45) is 0 Å². The number of carboxylic acid groups (broad SMARTS) is 1. The van der Waals surface area contributed by atoms with E-state index in [9.17, 15) is 4.79 Å². The fraction of sp³-hybridized carbons (Fsp3) is 0.500. The maximum atomic E-state index is 9.25. The molecule has 0 unspecified atom stereocenters. The van der Waals surface area contributed by atoms with E-state index in [1.807, 2.05) is 0 Å². The Kier molecular flexibility index (Phi) is 16.2. The van der Waals surface area contributed by atoms with Crippen molar-refractivity contribution in [1.29, 1.82) is 0 Å². The monoisotopic (exact) mass is 154 g/mol. The summed E-state index contributed by atoms with van der Waals surface area (Å²) in [7, 11) is 0. The molecule has 0 aliphatic heterocycles. The molecule has 9 heavy (non-hydrogen) atoms. The van der Waals surface area contributed by atoms with E-state index in [0.717, 1.165) is 55.0 Å². The molecule has 0 fully saturated rings. The minimum atomic E-state index is -0.981. The summed E-state index contributed by atoms with van der Waals surface area (Å²) in [5, 5.41) is 7.60. The molecule has 2 nitrogen and oxygen atoms in total. The van der Waals surface area contributed by atoms with Crippen LogP contribution in [0.2, 0.25) is 0.515 Å². The quantitative estimate of drug-likeness (QED) is 0.480. The fourth-order valence-corrected chi connectivity index (χ4v) is 0. The van der Waals surface area contributed by atoms with Gasteiger partial charge in [-0.15, -0.1) is 0 Å². The second-order valence-electron chi connectivity index (χ2n) is 1.54. The maximum absolute atomic E-state index is 9.25. The first-order chi connectivity index (χ1) is 4.18. The van der Waals surface area contributed by atoms with Crippen molar-refractivity contribution in [2.75, 3.05) is 0 Å². The van der Waals surface area contributed by atoms with Gasteiger partial charge in [0.05, 0.1) is 0 Å². The molecule has 0 heterocycles. The first-order valence-corrected chi connectivity index (χ1v) is 5.25. The molecule has 0 saturated heterocycles. The van der Waals surface area contributed by atoms with Gasteiger partial charge in [0.15, 0.2) is 0 Å². The molecular formula is C6H11KO2. The number of aliphatic carboxylic acids is 1. The van der Waals surface area contributed by atoms with Crippen molar-refractivity contribution in [3.05, 3.63) is 12.7 Å². The van der Waals surface area contributed by atoms with Gasteiger partial charge < -0.3 is 5.11 Å². The van der Waals surface area contributed by atoms with E-state index in [2.05, 4.69) is 13.5 Å². The molecule has 0 amide bonds. The number of carbonyl (C=O) groups is 1. The van der Waals surface area contributed by atoms with Crippen LogP contribution in [0.5, 0.6) is 0 Å². The molecule has 0 aromatic heterocycles. The number of carboxylic acids is 1. The molecule has 0 atom stereocenters. The number of hydrogen-bond acceptors (Lipinski definition) is 1. The van der Waals surface area contributed by atoms with Crippen LogP contribution in [0.1, 0.15) is 13.3 Å². The third-order valence-corrected chi connectivity index (χ3v) is 2.24. The number of hydrogen-bond donors (Lipinski definition) is 1. The molecule has 0 rings (SSSR count). The van der Waals surface area contributed by atoms with Gasteiger partial charge in [0.2, 0.25) is 0 Å². The van der Waals surface area contributed by atoms with E-state index >= 15 is 0 Å². The third-order valence-electron chi connectivity index (χ3n) is 0.675. The summed E-state index contributed by atoms with van der Waals surface area (Å²) in [6.07, 6.45) is 2.24. The Morgan fingerprint density at radius 1 is 1.89 bits per heavy atom. The van der Waals surface area contributed by atoms with Gasteiger partial charge in [-0.25, -0.2) is 4.79 Å². The van der Waals surface area contributed by atoms with Crippen LogP contribution in [-0.4, -0.2) is 60.0 Å². The Bertz CT molecular complexity index is 79.1. The molecule has 0 saturated carbocycles. The van der Waals surface area contributed by atoms with Crippen molar-refractivity contribution in [3.8, 4) is 0 Å². The Morgan fingerprint density at radius 3 is 2.11 bits per heavy atom. The van der Waals surface area contributed by atoms with Gasteiger partial charge in [-0.1, -0.05) is 6.58 Å². The van der Waals surface area contributed by atoms with Crippen molar-refractivity contribution in [3.63, 3.8) is 0 Å². The van der Waals surface area contributed by atoms with Gasteiger partial charge >= 0.3 is 68.8 Å². The van der Waals surface area contributed by atoms with Gasteiger partial charge in [0.25, 0.3) is 0 Å². The van der Waals surface area contributed by atoms with Crippen LogP contribution < -0.4 is 0 Å². The zero-order chi connectivity index (χ0) is 7.70. The molecule has 0 aromatic carbocycles. The molecule has 0 bridgehead atoms. The Hall–Kier alpha value is 0.846. The number of rotatable bonds is 2. The Morgan fingerprint density at radius 2 is 2.11 bits per heavy atom. The van der Waals surface area contributed by atoms with Crippen LogP contribution in [0.25, 0.3) is 0 Å². The molecule has 0 spiro atoms. The van der Waals surface area contributed by atoms with Gasteiger partial charge in [-0.2, -0.15) is 0 Å². The van der Waals surface area contributed by atoms with Gasteiger partial charge in [-0.05, 0) is 0 Å². The molecule has 48 valence electrons. The zero-order valence-corrected chi connectivity index (χ0v) is 9.18. The first-order valence-electron chi connectivity index (χ1n) is 3.04. The summed E-state index contributed by atoms with van der Waals surface area (Å²) in [5.74, 6) is -0.981. The van der Waals surface area contributed by atoms with Crippen LogP contribution in [-0.2, 0) is 4.79 Å². The van der Waals surface area contributed by atoms with Crippen molar-refractivity contribution < 1.29 is 9.90 Å². The summed E-state index contributed by atoms with van der Waals surface area (Å²) in [6, 6.07) is 0. The molecule has 0 aliphatic rings. The molecule has 3 heteroatoms. The van der Waals surface area contributed by atoms with Crippen LogP contribution in [0.15, 0.2) is 12.7 Å². The first kappa shape index (κ1) is 12.5. The van der Waals surface area contributed by atoms with E-state index in [-0.39, 0.29) is 0 Å². The second-order valence-corrected chi connectivity index (χ2v) is 3.10. The van der Waals surface area contributed by atoms with Crippen LogP contribution >= 0.6 is 0 Å². The summed E-state index contributed by atoms with van der Waals surface area (Å²) in [4.78, 5) is 9.25. The molecular weight excluding hydrogens is 143 g/mol. The van der Waals surface area contributed by atoms with Crippen LogP contribution in [0.4, 0.5) is 0 Å². The van der Waals surface area contributed by atoms with Crippen LogP contribution in [0, 0.1) is 0 Å².